The smallest absolute Gasteiger partial charge is 0.159 e. The lowest BCUT2D eigenvalue weighted by atomic mass is 9.98. The van der Waals surface area contributed by atoms with E-state index in [1.165, 1.54) is 0 Å². The van der Waals surface area contributed by atoms with Crippen molar-refractivity contribution in [3.8, 4) is 16.9 Å². The third kappa shape index (κ3) is 2.64. The Labute approximate surface area is 147 Å². The van der Waals surface area contributed by atoms with Gasteiger partial charge in [-0.25, -0.2) is 9.67 Å². The lowest BCUT2D eigenvalue weighted by Crippen LogP contribution is -2.19. The maximum Gasteiger partial charge on any atom is 0.159 e. The zero-order chi connectivity index (χ0) is 17.4. The summed E-state index contributed by atoms with van der Waals surface area (Å²) in [4.78, 5) is 4.83. The first-order valence-corrected chi connectivity index (χ1v) is 8.68. The maximum absolute atomic E-state index is 10.3. The largest absolute Gasteiger partial charge is 0.508 e. The maximum atomic E-state index is 10.3. The van der Waals surface area contributed by atoms with Gasteiger partial charge in [-0.15, -0.1) is 0 Å². The first-order valence-electron chi connectivity index (χ1n) is 8.68. The Morgan fingerprint density at radius 3 is 2.52 bits per heavy atom. The van der Waals surface area contributed by atoms with Gasteiger partial charge in [0.15, 0.2) is 5.82 Å². The fraction of sp³-hybridized carbons (Fsp3) is 0.238. The topological polar surface area (TPSA) is 50.4 Å². The quantitative estimate of drug-likeness (QED) is 0.742. The Bertz CT molecular complexity index is 941. The van der Waals surface area contributed by atoms with E-state index in [9.17, 15) is 5.11 Å². The highest BCUT2D eigenvalue weighted by molar-refractivity contribution is 5.90. The summed E-state index contributed by atoms with van der Waals surface area (Å²) in [5.41, 5.74) is 5.22. The molecular formula is C21H21N3O. The van der Waals surface area contributed by atoms with Crippen molar-refractivity contribution in [2.24, 2.45) is 4.99 Å². The van der Waals surface area contributed by atoms with Gasteiger partial charge >= 0.3 is 0 Å². The van der Waals surface area contributed by atoms with E-state index in [2.05, 4.69) is 19.1 Å². The fourth-order valence-electron chi connectivity index (χ4n) is 3.55. The molecule has 1 N–H and O–H groups in total. The summed E-state index contributed by atoms with van der Waals surface area (Å²) >= 11 is 0. The first-order chi connectivity index (χ1) is 12.2. The molecule has 25 heavy (non-hydrogen) atoms. The first kappa shape index (κ1) is 15.6. The highest BCUT2D eigenvalue weighted by Crippen LogP contribution is 2.42. The molecule has 1 unspecified atom stereocenters. The van der Waals surface area contributed by atoms with Gasteiger partial charge in [0.05, 0.1) is 11.7 Å². The molecule has 2 heterocycles. The van der Waals surface area contributed by atoms with Crippen LogP contribution in [0.2, 0.25) is 0 Å². The van der Waals surface area contributed by atoms with E-state index in [0.29, 0.717) is 5.75 Å². The Balaban J connectivity index is 1.94. The average molecular weight is 331 g/mol. The number of aliphatic imine (C=N–C) groups is 1. The van der Waals surface area contributed by atoms with Crippen LogP contribution in [0.25, 0.3) is 11.1 Å². The molecule has 126 valence electrons. The number of hydrogen-bond acceptors (Lipinski definition) is 3. The summed E-state index contributed by atoms with van der Waals surface area (Å²) in [6.07, 6.45) is 1.59. The number of benzene rings is 2. The Morgan fingerprint density at radius 2 is 1.80 bits per heavy atom. The van der Waals surface area contributed by atoms with Crippen LogP contribution in [0, 0.1) is 0 Å². The SMILES string of the molecule is CCc1nn2c(c1-c1ccccc1)N=C(C)CC2c1ccccc1O. The molecule has 0 bridgehead atoms. The van der Waals surface area contributed by atoms with E-state index in [0.717, 1.165) is 46.8 Å². The standard InChI is InChI=1S/C21H21N3O/c1-3-17-20(15-9-5-4-6-10-15)21-22-14(2)13-18(24(21)23-17)16-11-7-8-12-19(16)25/h4-12,18,25H,3,13H2,1-2H3. The molecule has 1 aliphatic heterocycles. The van der Waals surface area contributed by atoms with E-state index in [-0.39, 0.29) is 6.04 Å². The van der Waals surface area contributed by atoms with Crippen LogP contribution in [-0.2, 0) is 6.42 Å². The highest BCUT2D eigenvalue weighted by Gasteiger charge is 2.29. The number of hydrogen-bond donors (Lipinski definition) is 1. The number of aryl methyl sites for hydroxylation is 1. The molecule has 1 aliphatic rings. The normalized spacial score (nSPS) is 16.4. The van der Waals surface area contributed by atoms with Gasteiger partial charge in [-0.05, 0) is 25.0 Å². The van der Waals surface area contributed by atoms with Crippen LogP contribution in [-0.4, -0.2) is 20.6 Å². The van der Waals surface area contributed by atoms with Crippen molar-refractivity contribution in [1.82, 2.24) is 9.78 Å². The Hall–Kier alpha value is -2.88. The summed E-state index contributed by atoms with van der Waals surface area (Å²) in [5.74, 6) is 1.20. The molecule has 1 atom stereocenters. The number of rotatable bonds is 3. The summed E-state index contributed by atoms with van der Waals surface area (Å²) in [7, 11) is 0. The highest BCUT2D eigenvalue weighted by atomic mass is 16.3. The number of fused-ring (bicyclic) bond motifs is 1. The molecule has 0 fully saturated rings. The third-order valence-electron chi connectivity index (χ3n) is 4.73. The van der Waals surface area contributed by atoms with Gasteiger partial charge in [-0.3, -0.25) is 0 Å². The molecule has 0 amide bonds. The number of phenols is 1. The third-order valence-corrected chi connectivity index (χ3v) is 4.73. The number of aromatic nitrogens is 2. The van der Waals surface area contributed by atoms with E-state index < -0.39 is 0 Å². The lowest BCUT2D eigenvalue weighted by molar-refractivity contribution is 0.443. The average Bonchev–Trinajstić information content (AvgIpc) is 3.00. The van der Waals surface area contributed by atoms with Crippen molar-refractivity contribution >= 4 is 11.5 Å². The Kier molecular flexibility index (Phi) is 3.88. The molecule has 0 aliphatic carbocycles. The second-order valence-corrected chi connectivity index (χ2v) is 6.44. The lowest BCUT2D eigenvalue weighted by Gasteiger charge is -2.24. The van der Waals surface area contributed by atoms with Crippen LogP contribution in [0.3, 0.4) is 0 Å². The van der Waals surface area contributed by atoms with Crippen molar-refractivity contribution in [2.75, 3.05) is 0 Å². The summed E-state index contributed by atoms with van der Waals surface area (Å²) in [6.45, 7) is 4.16. The van der Waals surface area contributed by atoms with Crippen LogP contribution < -0.4 is 0 Å². The molecule has 3 aromatic rings. The summed E-state index contributed by atoms with van der Waals surface area (Å²) in [6, 6.07) is 17.8. The van der Waals surface area contributed by atoms with Crippen LogP contribution in [0.1, 0.15) is 37.6 Å². The van der Waals surface area contributed by atoms with E-state index in [1.54, 1.807) is 6.07 Å². The predicted molar refractivity (Wildman–Crippen MR) is 101 cm³/mol. The Morgan fingerprint density at radius 1 is 1.08 bits per heavy atom. The monoisotopic (exact) mass is 331 g/mol. The van der Waals surface area contributed by atoms with Crippen molar-refractivity contribution in [1.29, 1.82) is 0 Å². The number of nitrogens with zero attached hydrogens (tertiary/aromatic N) is 3. The summed E-state index contributed by atoms with van der Waals surface area (Å²) in [5, 5.41) is 15.2. The van der Waals surface area contributed by atoms with Crippen LogP contribution in [0.15, 0.2) is 59.6 Å². The van der Waals surface area contributed by atoms with Crippen molar-refractivity contribution in [2.45, 2.75) is 32.7 Å². The van der Waals surface area contributed by atoms with Gasteiger partial charge in [0, 0.05) is 23.3 Å². The molecule has 0 spiro atoms. The van der Waals surface area contributed by atoms with Crippen LogP contribution >= 0.6 is 0 Å². The van der Waals surface area contributed by atoms with Crippen LogP contribution in [0.5, 0.6) is 5.75 Å². The molecule has 2 aromatic carbocycles. The predicted octanol–water partition coefficient (Wildman–Crippen LogP) is 4.90. The molecule has 0 saturated heterocycles. The number of aromatic hydroxyl groups is 1. The van der Waals surface area contributed by atoms with E-state index in [4.69, 9.17) is 10.1 Å². The second kappa shape index (κ2) is 6.20. The van der Waals surface area contributed by atoms with Crippen molar-refractivity contribution in [3.63, 3.8) is 0 Å². The van der Waals surface area contributed by atoms with E-state index >= 15 is 0 Å². The van der Waals surface area contributed by atoms with Gasteiger partial charge in [0.2, 0.25) is 0 Å². The molecule has 4 rings (SSSR count). The minimum atomic E-state index is -0.0311. The van der Waals surface area contributed by atoms with E-state index in [1.807, 2.05) is 48.0 Å². The van der Waals surface area contributed by atoms with Gasteiger partial charge in [0.25, 0.3) is 0 Å². The van der Waals surface area contributed by atoms with Crippen molar-refractivity contribution < 1.29 is 5.11 Å². The molecular weight excluding hydrogens is 310 g/mol. The number of phenolic OH excluding ortho intramolecular Hbond substituents is 1. The van der Waals surface area contributed by atoms with Crippen LogP contribution in [0.4, 0.5) is 5.82 Å². The van der Waals surface area contributed by atoms with Crippen molar-refractivity contribution in [3.05, 3.63) is 65.9 Å². The molecule has 0 radical (unpaired) electrons. The zero-order valence-electron chi connectivity index (χ0n) is 14.5. The molecule has 0 saturated carbocycles. The second-order valence-electron chi connectivity index (χ2n) is 6.44. The molecule has 4 nitrogen and oxygen atoms in total. The zero-order valence-corrected chi connectivity index (χ0v) is 14.5. The fourth-order valence-corrected chi connectivity index (χ4v) is 3.55. The molecule has 1 aromatic heterocycles. The van der Waals surface area contributed by atoms with Gasteiger partial charge < -0.3 is 5.11 Å². The van der Waals surface area contributed by atoms with Gasteiger partial charge in [-0.1, -0.05) is 55.5 Å². The van der Waals surface area contributed by atoms with Gasteiger partial charge in [0.1, 0.15) is 5.75 Å². The molecule has 4 heteroatoms. The minimum absolute atomic E-state index is 0.0311. The van der Waals surface area contributed by atoms with Gasteiger partial charge in [-0.2, -0.15) is 5.10 Å². The summed E-state index contributed by atoms with van der Waals surface area (Å²) < 4.78 is 1.99. The number of para-hydroxylation sites is 1. The minimum Gasteiger partial charge on any atom is -0.508 e.